The Morgan fingerprint density at radius 1 is 1.38 bits per heavy atom. The molecule has 1 saturated carbocycles. The highest BCUT2D eigenvalue weighted by atomic mass is 16.5. The minimum Gasteiger partial charge on any atom is -0.497 e. The van der Waals surface area contributed by atoms with E-state index in [1.165, 1.54) is 0 Å². The van der Waals surface area contributed by atoms with Crippen LogP contribution in [-0.4, -0.2) is 30.8 Å². The molecular formula is C20H31NO3. The highest BCUT2D eigenvalue weighted by Crippen LogP contribution is 2.42. The van der Waals surface area contributed by atoms with E-state index in [4.69, 9.17) is 4.74 Å². The van der Waals surface area contributed by atoms with E-state index >= 15 is 0 Å². The average Bonchev–Trinajstić information content (AvgIpc) is 3.02. The number of amides is 1. The van der Waals surface area contributed by atoms with Crippen molar-refractivity contribution in [1.82, 2.24) is 5.32 Å². The quantitative estimate of drug-likeness (QED) is 0.804. The molecule has 2 N–H and O–H groups in total. The van der Waals surface area contributed by atoms with Crippen molar-refractivity contribution in [2.24, 2.45) is 5.41 Å². The Morgan fingerprint density at radius 2 is 2.04 bits per heavy atom. The topological polar surface area (TPSA) is 58.6 Å². The lowest BCUT2D eigenvalue weighted by molar-refractivity contribution is -0.127. The van der Waals surface area contributed by atoms with Gasteiger partial charge >= 0.3 is 0 Å². The van der Waals surface area contributed by atoms with Crippen molar-refractivity contribution in [1.29, 1.82) is 0 Å². The van der Waals surface area contributed by atoms with Crippen molar-refractivity contribution in [3.8, 4) is 5.75 Å². The third-order valence-corrected chi connectivity index (χ3v) is 5.09. The van der Waals surface area contributed by atoms with E-state index in [9.17, 15) is 9.90 Å². The summed E-state index contributed by atoms with van der Waals surface area (Å²) in [4.78, 5) is 13.1. The summed E-state index contributed by atoms with van der Waals surface area (Å²) in [5, 5.41) is 12.8. The number of rotatable bonds is 7. The molecule has 1 aromatic rings. The molecule has 0 aliphatic heterocycles. The van der Waals surface area contributed by atoms with Gasteiger partial charge < -0.3 is 15.2 Å². The van der Waals surface area contributed by atoms with E-state index in [0.29, 0.717) is 13.0 Å². The number of methoxy groups -OCH3 is 1. The molecule has 1 atom stereocenters. The number of nitrogens with one attached hydrogen (secondary N) is 1. The lowest BCUT2D eigenvalue weighted by atomic mass is 9.77. The number of hydrogen-bond donors (Lipinski definition) is 2. The number of hydrogen-bond acceptors (Lipinski definition) is 3. The molecule has 134 valence electrons. The van der Waals surface area contributed by atoms with Crippen LogP contribution in [0.2, 0.25) is 0 Å². The molecule has 0 bridgehead atoms. The highest BCUT2D eigenvalue weighted by molar-refractivity contribution is 5.88. The van der Waals surface area contributed by atoms with Gasteiger partial charge in [-0.3, -0.25) is 4.79 Å². The zero-order chi connectivity index (χ0) is 17.8. The second-order valence-corrected chi connectivity index (χ2v) is 7.92. The zero-order valence-corrected chi connectivity index (χ0v) is 15.4. The van der Waals surface area contributed by atoms with Crippen LogP contribution in [0.25, 0.3) is 0 Å². The van der Waals surface area contributed by atoms with Gasteiger partial charge in [0.05, 0.1) is 18.6 Å². The Morgan fingerprint density at radius 3 is 2.62 bits per heavy atom. The summed E-state index contributed by atoms with van der Waals surface area (Å²) >= 11 is 0. The van der Waals surface area contributed by atoms with Crippen LogP contribution < -0.4 is 10.1 Å². The second-order valence-electron chi connectivity index (χ2n) is 7.92. The zero-order valence-electron chi connectivity index (χ0n) is 15.4. The number of benzene rings is 1. The highest BCUT2D eigenvalue weighted by Gasteiger charge is 2.43. The predicted octanol–water partition coefficient (Wildman–Crippen LogP) is 3.42. The summed E-state index contributed by atoms with van der Waals surface area (Å²) in [6.45, 7) is 6.51. The predicted molar refractivity (Wildman–Crippen MR) is 96.2 cm³/mol. The first kappa shape index (κ1) is 18.8. The van der Waals surface area contributed by atoms with E-state index in [2.05, 4.69) is 19.2 Å². The molecule has 4 heteroatoms. The van der Waals surface area contributed by atoms with Gasteiger partial charge in [-0.05, 0) is 49.3 Å². The summed E-state index contributed by atoms with van der Waals surface area (Å²) in [5.74, 6) is 0.896. The molecule has 1 aliphatic carbocycles. The van der Waals surface area contributed by atoms with E-state index < -0.39 is 5.41 Å². The van der Waals surface area contributed by atoms with Crippen molar-refractivity contribution in [2.75, 3.05) is 13.7 Å². The van der Waals surface area contributed by atoms with Gasteiger partial charge in [-0.15, -0.1) is 0 Å². The molecule has 0 saturated heterocycles. The van der Waals surface area contributed by atoms with Gasteiger partial charge in [0.25, 0.3) is 0 Å². The lowest BCUT2D eigenvalue weighted by Crippen LogP contribution is -2.46. The van der Waals surface area contributed by atoms with Crippen molar-refractivity contribution < 1.29 is 14.6 Å². The normalized spacial score (nSPS) is 18.2. The fraction of sp³-hybridized carbons (Fsp3) is 0.650. The lowest BCUT2D eigenvalue weighted by Gasteiger charge is -2.32. The van der Waals surface area contributed by atoms with Gasteiger partial charge in [-0.2, -0.15) is 0 Å². The van der Waals surface area contributed by atoms with E-state index in [-0.39, 0.29) is 17.4 Å². The van der Waals surface area contributed by atoms with Gasteiger partial charge in [0.1, 0.15) is 5.75 Å². The number of ether oxygens (including phenoxy) is 1. The Labute approximate surface area is 145 Å². The van der Waals surface area contributed by atoms with Crippen LogP contribution in [0.4, 0.5) is 0 Å². The largest absolute Gasteiger partial charge is 0.497 e. The summed E-state index contributed by atoms with van der Waals surface area (Å²) in [7, 11) is 1.65. The Kier molecular flexibility index (Phi) is 5.92. The standard InChI is InChI=1S/C20H31NO3/c1-15(22)13-19(2,3)14-21-18(23)20(10-5-6-11-20)16-8-7-9-17(12-16)24-4/h7-9,12,15,22H,5-6,10-11,13-14H2,1-4H3,(H,21,23). The molecule has 0 aromatic heterocycles. The first-order valence-electron chi connectivity index (χ1n) is 8.90. The minimum atomic E-state index is -0.449. The van der Waals surface area contributed by atoms with E-state index in [1.54, 1.807) is 14.0 Å². The van der Waals surface area contributed by atoms with Crippen LogP contribution in [0.3, 0.4) is 0 Å². The van der Waals surface area contributed by atoms with Crippen molar-refractivity contribution in [2.45, 2.75) is 64.4 Å². The van der Waals surface area contributed by atoms with Crippen LogP contribution in [0.1, 0.15) is 58.4 Å². The van der Waals surface area contributed by atoms with Gasteiger partial charge in [0.2, 0.25) is 5.91 Å². The van der Waals surface area contributed by atoms with Crippen LogP contribution in [0.5, 0.6) is 5.75 Å². The van der Waals surface area contributed by atoms with Crippen LogP contribution in [-0.2, 0) is 10.2 Å². The monoisotopic (exact) mass is 333 g/mol. The van der Waals surface area contributed by atoms with Gasteiger partial charge in [-0.25, -0.2) is 0 Å². The fourth-order valence-corrected chi connectivity index (χ4v) is 3.91. The van der Waals surface area contributed by atoms with Crippen molar-refractivity contribution >= 4 is 5.91 Å². The molecule has 1 aliphatic rings. The minimum absolute atomic E-state index is 0.104. The summed E-state index contributed by atoms with van der Waals surface area (Å²) in [6.07, 6.45) is 4.20. The molecule has 0 spiro atoms. The molecule has 1 aromatic carbocycles. The smallest absolute Gasteiger partial charge is 0.230 e. The van der Waals surface area contributed by atoms with E-state index in [1.807, 2.05) is 24.3 Å². The maximum atomic E-state index is 13.1. The molecule has 2 rings (SSSR count). The van der Waals surface area contributed by atoms with Crippen LogP contribution >= 0.6 is 0 Å². The second kappa shape index (κ2) is 7.56. The average molecular weight is 333 g/mol. The number of aliphatic hydroxyl groups is 1. The third-order valence-electron chi connectivity index (χ3n) is 5.09. The Hall–Kier alpha value is -1.55. The summed E-state index contributed by atoms with van der Waals surface area (Å²) in [5.41, 5.74) is 0.471. The third kappa shape index (κ3) is 4.29. The molecule has 4 nitrogen and oxygen atoms in total. The summed E-state index contributed by atoms with van der Waals surface area (Å²) < 4.78 is 5.34. The Balaban J connectivity index is 2.16. The van der Waals surface area contributed by atoms with Gasteiger partial charge in [0.15, 0.2) is 0 Å². The molecule has 1 fully saturated rings. The molecular weight excluding hydrogens is 302 g/mol. The summed E-state index contributed by atoms with van der Waals surface area (Å²) in [6, 6.07) is 7.90. The number of carbonyl (C=O) groups excluding carboxylic acids is 1. The molecule has 0 radical (unpaired) electrons. The van der Waals surface area contributed by atoms with Gasteiger partial charge in [-0.1, -0.05) is 38.8 Å². The SMILES string of the molecule is COc1cccc(C2(C(=O)NCC(C)(C)CC(C)O)CCCC2)c1. The molecule has 24 heavy (non-hydrogen) atoms. The number of carbonyl (C=O) groups is 1. The maximum absolute atomic E-state index is 13.1. The van der Waals surface area contributed by atoms with E-state index in [0.717, 1.165) is 37.0 Å². The first-order chi connectivity index (χ1) is 11.3. The van der Waals surface area contributed by atoms with Crippen LogP contribution in [0, 0.1) is 5.41 Å². The maximum Gasteiger partial charge on any atom is 0.230 e. The Bertz CT molecular complexity index is 560. The number of aliphatic hydroxyl groups excluding tert-OH is 1. The molecule has 1 unspecified atom stereocenters. The molecule has 1 amide bonds. The van der Waals surface area contributed by atoms with Crippen molar-refractivity contribution in [3.63, 3.8) is 0 Å². The van der Waals surface area contributed by atoms with Crippen LogP contribution in [0.15, 0.2) is 24.3 Å². The molecule has 0 heterocycles. The van der Waals surface area contributed by atoms with Crippen molar-refractivity contribution in [3.05, 3.63) is 29.8 Å². The fourth-order valence-electron chi connectivity index (χ4n) is 3.91. The first-order valence-corrected chi connectivity index (χ1v) is 8.90. The van der Waals surface area contributed by atoms with Gasteiger partial charge in [0, 0.05) is 6.54 Å².